The largest absolute Gasteiger partial charge is 0.486 e. The number of ether oxygens (including phenoxy) is 1. The van der Waals surface area contributed by atoms with Crippen LogP contribution in [0.2, 0.25) is 0 Å². The van der Waals surface area contributed by atoms with Gasteiger partial charge in [0.15, 0.2) is 0 Å². The summed E-state index contributed by atoms with van der Waals surface area (Å²) in [7, 11) is 0. The fourth-order valence-electron chi connectivity index (χ4n) is 2.55. The molecule has 1 heterocycles. The minimum absolute atomic E-state index is 0.0456. The van der Waals surface area contributed by atoms with Crippen LogP contribution in [0.4, 0.5) is 13.2 Å². The van der Waals surface area contributed by atoms with Gasteiger partial charge in [-0.25, -0.2) is 18.0 Å². The number of hydrogen-bond donors (Lipinski definition) is 1. The number of carbonyl (C=O) groups is 1. The van der Waals surface area contributed by atoms with Crippen molar-refractivity contribution in [3.05, 3.63) is 70.5 Å². The number of rotatable bonds is 2. The van der Waals surface area contributed by atoms with Crippen molar-refractivity contribution in [2.45, 2.75) is 13.0 Å². The van der Waals surface area contributed by atoms with Crippen LogP contribution in [-0.4, -0.2) is 17.2 Å². The molecule has 0 amide bonds. The van der Waals surface area contributed by atoms with E-state index < -0.39 is 35.1 Å². The molecule has 2 aromatic carbocycles. The van der Waals surface area contributed by atoms with Crippen LogP contribution in [-0.2, 0) is 0 Å². The number of carboxylic acids is 1. The van der Waals surface area contributed by atoms with E-state index in [1.165, 1.54) is 24.3 Å². The molecule has 0 aromatic heterocycles. The second kappa shape index (κ2) is 5.46. The smallest absolute Gasteiger partial charge is 0.335 e. The highest BCUT2D eigenvalue weighted by molar-refractivity contribution is 5.92. The Morgan fingerprint density at radius 3 is 2.39 bits per heavy atom. The lowest BCUT2D eigenvalue weighted by atomic mass is 9.92. The van der Waals surface area contributed by atoms with Gasteiger partial charge in [-0.05, 0) is 36.8 Å². The average Bonchev–Trinajstić information content (AvgIpc) is 2.45. The van der Waals surface area contributed by atoms with Crippen molar-refractivity contribution in [2.24, 2.45) is 0 Å². The lowest BCUT2D eigenvalue weighted by molar-refractivity contribution is 0.0697. The molecular formula is C17H11F3O3. The van der Waals surface area contributed by atoms with Crippen molar-refractivity contribution in [3.63, 3.8) is 0 Å². The second-order valence-electron chi connectivity index (χ2n) is 5.16. The summed E-state index contributed by atoms with van der Waals surface area (Å²) >= 11 is 0. The van der Waals surface area contributed by atoms with E-state index in [9.17, 15) is 18.0 Å². The molecule has 6 heteroatoms. The van der Waals surface area contributed by atoms with E-state index in [-0.39, 0.29) is 16.7 Å². The second-order valence-corrected chi connectivity index (χ2v) is 5.16. The maximum Gasteiger partial charge on any atom is 0.335 e. The number of hydrogen-bond acceptors (Lipinski definition) is 2. The molecule has 0 radical (unpaired) electrons. The third kappa shape index (κ3) is 2.67. The van der Waals surface area contributed by atoms with Gasteiger partial charge in [0, 0.05) is 17.7 Å². The Morgan fingerprint density at radius 2 is 1.78 bits per heavy atom. The highest BCUT2D eigenvalue weighted by atomic mass is 19.1. The summed E-state index contributed by atoms with van der Waals surface area (Å²) in [6.45, 7) is 1.67. The summed E-state index contributed by atoms with van der Waals surface area (Å²) in [6.07, 6.45) is 0.991. The molecular weight excluding hydrogens is 309 g/mol. The highest BCUT2D eigenvalue weighted by Gasteiger charge is 2.25. The number of aromatic carboxylic acids is 1. The molecule has 2 aromatic rings. The number of halogens is 3. The van der Waals surface area contributed by atoms with E-state index in [1.54, 1.807) is 6.92 Å². The first kappa shape index (κ1) is 15.1. The van der Waals surface area contributed by atoms with Crippen LogP contribution >= 0.6 is 0 Å². The third-order valence-corrected chi connectivity index (χ3v) is 3.51. The van der Waals surface area contributed by atoms with Gasteiger partial charge < -0.3 is 9.84 Å². The zero-order chi connectivity index (χ0) is 16.7. The van der Waals surface area contributed by atoms with E-state index in [2.05, 4.69) is 0 Å². The Bertz CT molecular complexity index is 820. The van der Waals surface area contributed by atoms with Crippen molar-refractivity contribution in [2.75, 3.05) is 0 Å². The number of fused-ring (bicyclic) bond motifs is 1. The van der Waals surface area contributed by atoms with Crippen molar-refractivity contribution >= 4 is 11.5 Å². The van der Waals surface area contributed by atoms with Crippen molar-refractivity contribution in [3.8, 4) is 5.75 Å². The van der Waals surface area contributed by atoms with Crippen molar-refractivity contribution < 1.29 is 27.8 Å². The Morgan fingerprint density at radius 1 is 1.13 bits per heavy atom. The minimum Gasteiger partial charge on any atom is -0.486 e. The molecule has 118 valence electrons. The van der Waals surface area contributed by atoms with Crippen LogP contribution in [0.3, 0.4) is 0 Å². The molecule has 0 saturated heterocycles. The first-order chi connectivity index (χ1) is 10.9. The van der Waals surface area contributed by atoms with Gasteiger partial charge in [-0.2, -0.15) is 0 Å². The molecule has 1 N–H and O–H groups in total. The molecule has 0 saturated carbocycles. The van der Waals surface area contributed by atoms with E-state index >= 15 is 0 Å². The van der Waals surface area contributed by atoms with Gasteiger partial charge in [0.1, 0.15) is 29.3 Å². The Labute approximate surface area is 129 Å². The molecule has 3 nitrogen and oxygen atoms in total. The minimum atomic E-state index is -1.18. The fraction of sp³-hybridized carbons (Fsp3) is 0.118. The summed E-state index contributed by atoms with van der Waals surface area (Å²) in [5.41, 5.74) is -0.0784. The van der Waals surface area contributed by atoms with E-state index in [1.807, 2.05) is 0 Å². The highest BCUT2D eigenvalue weighted by Crippen LogP contribution is 2.38. The molecule has 3 rings (SSSR count). The molecule has 0 fully saturated rings. The van der Waals surface area contributed by atoms with Gasteiger partial charge in [-0.3, -0.25) is 0 Å². The first-order valence-electron chi connectivity index (χ1n) is 6.78. The maximum absolute atomic E-state index is 14.1. The normalized spacial score (nSPS) is 16.3. The quantitative estimate of drug-likeness (QED) is 0.909. The van der Waals surface area contributed by atoms with Gasteiger partial charge in [-0.1, -0.05) is 0 Å². The summed E-state index contributed by atoms with van der Waals surface area (Å²) in [5.74, 6) is -4.01. The zero-order valence-electron chi connectivity index (χ0n) is 11.9. The SMILES string of the molecule is CC1C=C(c2c(F)cc(F)cc2F)c2cc(C(=O)O)ccc2O1. The fourth-order valence-corrected chi connectivity index (χ4v) is 2.55. The lowest BCUT2D eigenvalue weighted by Gasteiger charge is -2.24. The average molecular weight is 320 g/mol. The summed E-state index contributed by atoms with van der Waals surface area (Å²) in [5, 5.41) is 9.08. The summed E-state index contributed by atoms with van der Waals surface area (Å²) < 4.78 is 46.8. The van der Waals surface area contributed by atoms with Crippen LogP contribution in [0, 0.1) is 17.5 Å². The molecule has 0 bridgehead atoms. The van der Waals surface area contributed by atoms with Crippen LogP contribution in [0.25, 0.3) is 5.57 Å². The van der Waals surface area contributed by atoms with Gasteiger partial charge in [0.05, 0.1) is 11.1 Å². The number of carboxylic acid groups (broad SMARTS) is 1. The lowest BCUT2D eigenvalue weighted by Crippen LogP contribution is -2.17. The summed E-state index contributed by atoms with van der Waals surface area (Å²) in [6, 6.07) is 5.22. The number of benzene rings is 2. The molecule has 0 aliphatic carbocycles. The molecule has 1 atom stereocenters. The predicted octanol–water partition coefficient (Wildman–Crippen LogP) is 4.01. The summed E-state index contributed by atoms with van der Waals surface area (Å²) in [4.78, 5) is 11.1. The van der Waals surface area contributed by atoms with E-state index in [4.69, 9.17) is 9.84 Å². The topological polar surface area (TPSA) is 46.5 Å². The van der Waals surface area contributed by atoms with E-state index in [0.29, 0.717) is 17.9 Å². The molecule has 1 aliphatic heterocycles. The molecule has 23 heavy (non-hydrogen) atoms. The predicted molar refractivity (Wildman–Crippen MR) is 76.9 cm³/mol. The van der Waals surface area contributed by atoms with Crippen LogP contribution in [0.1, 0.15) is 28.4 Å². The molecule has 1 unspecified atom stereocenters. The van der Waals surface area contributed by atoms with Crippen LogP contribution in [0.5, 0.6) is 5.75 Å². The third-order valence-electron chi connectivity index (χ3n) is 3.51. The Balaban J connectivity index is 2.25. The van der Waals surface area contributed by atoms with Gasteiger partial charge in [0.25, 0.3) is 0 Å². The van der Waals surface area contributed by atoms with Gasteiger partial charge in [0.2, 0.25) is 0 Å². The molecule has 0 spiro atoms. The molecule has 1 aliphatic rings. The van der Waals surface area contributed by atoms with Gasteiger partial charge >= 0.3 is 5.97 Å². The van der Waals surface area contributed by atoms with Gasteiger partial charge in [-0.15, -0.1) is 0 Å². The Kier molecular flexibility index (Phi) is 3.60. The van der Waals surface area contributed by atoms with Crippen molar-refractivity contribution in [1.82, 2.24) is 0 Å². The standard InChI is InChI=1S/C17H11F3O3/c1-8-4-12(16-13(19)6-10(18)7-14(16)20)11-5-9(17(21)22)2-3-15(11)23-8/h2-8H,1H3,(H,21,22). The monoisotopic (exact) mass is 320 g/mol. The van der Waals surface area contributed by atoms with Crippen molar-refractivity contribution in [1.29, 1.82) is 0 Å². The zero-order valence-corrected chi connectivity index (χ0v) is 11.9. The van der Waals surface area contributed by atoms with Crippen LogP contribution < -0.4 is 4.74 Å². The van der Waals surface area contributed by atoms with E-state index in [0.717, 1.165) is 0 Å². The first-order valence-corrected chi connectivity index (χ1v) is 6.78. The Hall–Kier alpha value is -2.76. The van der Waals surface area contributed by atoms with Crippen LogP contribution in [0.15, 0.2) is 36.4 Å². The maximum atomic E-state index is 14.1.